The van der Waals surface area contributed by atoms with Crippen LogP contribution in [0.3, 0.4) is 0 Å². The number of rotatable bonds is 4. The van der Waals surface area contributed by atoms with Crippen molar-refractivity contribution in [1.29, 1.82) is 0 Å². The molecule has 110 valence electrons. The van der Waals surface area contributed by atoms with E-state index in [4.69, 9.17) is 4.74 Å². The van der Waals surface area contributed by atoms with Crippen molar-refractivity contribution >= 4 is 11.5 Å². The van der Waals surface area contributed by atoms with Gasteiger partial charge in [-0.25, -0.2) is 4.98 Å². The Morgan fingerprint density at radius 3 is 2.75 bits per heavy atom. The highest BCUT2D eigenvalue weighted by Crippen LogP contribution is 2.25. The van der Waals surface area contributed by atoms with Crippen LogP contribution < -0.4 is 10.2 Å². The summed E-state index contributed by atoms with van der Waals surface area (Å²) in [6, 6.07) is 4.83. The molecule has 1 saturated heterocycles. The standard InChI is InChI=1S/C16H25N3O/c1-20-15-6-4-5-13(11-15)18-14-7-8-16(17-12-14)19-9-2-3-10-19/h7-8,12-13,15,18H,2-6,9-11H2,1H3. The Morgan fingerprint density at radius 2 is 2.05 bits per heavy atom. The Kier molecular flexibility index (Phi) is 4.41. The van der Waals surface area contributed by atoms with Gasteiger partial charge in [0.2, 0.25) is 0 Å². The second-order valence-electron chi connectivity index (χ2n) is 5.96. The molecule has 0 aromatic carbocycles. The van der Waals surface area contributed by atoms with Crippen molar-refractivity contribution in [2.45, 2.75) is 50.7 Å². The molecule has 1 aromatic rings. The lowest BCUT2D eigenvalue weighted by Gasteiger charge is -2.29. The monoisotopic (exact) mass is 275 g/mol. The fourth-order valence-corrected chi connectivity index (χ4v) is 3.33. The molecule has 1 aliphatic carbocycles. The molecule has 0 spiro atoms. The lowest BCUT2D eigenvalue weighted by Crippen LogP contribution is -2.31. The molecule has 0 amide bonds. The average Bonchev–Trinajstić information content (AvgIpc) is 3.02. The van der Waals surface area contributed by atoms with Crippen LogP contribution in [0.4, 0.5) is 11.5 Å². The van der Waals surface area contributed by atoms with Gasteiger partial charge in [0.15, 0.2) is 0 Å². The number of hydrogen-bond acceptors (Lipinski definition) is 4. The number of nitrogens with zero attached hydrogens (tertiary/aromatic N) is 2. The van der Waals surface area contributed by atoms with E-state index in [0.29, 0.717) is 12.1 Å². The van der Waals surface area contributed by atoms with Gasteiger partial charge in [-0.05, 0) is 50.7 Å². The van der Waals surface area contributed by atoms with E-state index < -0.39 is 0 Å². The largest absolute Gasteiger partial charge is 0.381 e. The molecule has 1 aromatic heterocycles. The number of nitrogens with one attached hydrogen (secondary N) is 1. The Bertz CT molecular complexity index is 414. The average molecular weight is 275 g/mol. The van der Waals surface area contributed by atoms with E-state index in [1.54, 1.807) is 0 Å². The highest BCUT2D eigenvalue weighted by Gasteiger charge is 2.21. The molecule has 0 radical (unpaired) electrons. The Labute approximate surface area is 121 Å². The smallest absolute Gasteiger partial charge is 0.128 e. The molecule has 4 heteroatoms. The summed E-state index contributed by atoms with van der Waals surface area (Å²) in [7, 11) is 1.82. The lowest BCUT2D eigenvalue weighted by molar-refractivity contribution is 0.0669. The third kappa shape index (κ3) is 3.23. The molecule has 2 atom stereocenters. The van der Waals surface area contributed by atoms with Crippen molar-refractivity contribution < 1.29 is 4.74 Å². The van der Waals surface area contributed by atoms with Crippen LogP contribution in [0.15, 0.2) is 18.3 Å². The molecule has 20 heavy (non-hydrogen) atoms. The van der Waals surface area contributed by atoms with E-state index >= 15 is 0 Å². The van der Waals surface area contributed by atoms with Gasteiger partial charge < -0.3 is 15.0 Å². The van der Waals surface area contributed by atoms with Gasteiger partial charge in [-0.1, -0.05) is 0 Å². The number of aromatic nitrogens is 1. The van der Waals surface area contributed by atoms with Gasteiger partial charge in [0, 0.05) is 26.2 Å². The molecule has 2 aliphatic rings. The van der Waals surface area contributed by atoms with Gasteiger partial charge >= 0.3 is 0 Å². The molecule has 1 N–H and O–H groups in total. The zero-order valence-electron chi connectivity index (χ0n) is 12.3. The van der Waals surface area contributed by atoms with E-state index in [9.17, 15) is 0 Å². The maximum atomic E-state index is 5.48. The third-order valence-corrected chi connectivity index (χ3v) is 4.51. The Morgan fingerprint density at radius 1 is 1.20 bits per heavy atom. The minimum absolute atomic E-state index is 0.415. The summed E-state index contributed by atoms with van der Waals surface area (Å²) < 4.78 is 5.48. The van der Waals surface area contributed by atoms with Crippen LogP contribution >= 0.6 is 0 Å². The van der Waals surface area contributed by atoms with E-state index in [1.807, 2.05) is 13.3 Å². The molecule has 2 unspecified atom stereocenters. The summed E-state index contributed by atoms with van der Waals surface area (Å²) in [5.74, 6) is 1.12. The van der Waals surface area contributed by atoms with Crippen molar-refractivity contribution in [3.63, 3.8) is 0 Å². The quantitative estimate of drug-likeness (QED) is 0.916. The summed E-state index contributed by atoms with van der Waals surface area (Å²) in [5, 5.41) is 3.60. The number of anilines is 2. The second-order valence-corrected chi connectivity index (χ2v) is 5.96. The Hall–Kier alpha value is -1.29. The summed E-state index contributed by atoms with van der Waals surface area (Å²) in [6.07, 6.45) is 9.75. The first kappa shape index (κ1) is 13.7. The fourth-order valence-electron chi connectivity index (χ4n) is 3.33. The zero-order chi connectivity index (χ0) is 13.8. The number of ether oxygens (including phenoxy) is 1. The van der Waals surface area contributed by atoms with Crippen LogP contribution in [0.2, 0.25) is 0 Å². The van der Waals surface area contributed by atoms with Crippen molar-refractivity contribution in [3.8, 4) is 0 Å². The number of methoxy groups -OCH3 is 1. The predicted octanol–water partition coefficient (Wildman–Crippen LogP) is 3.05. The number of hydrogen-bond donors (Lipinski definition) is 1. The van der Waals surface area contributed by atoms with E-state index in [2.05, 4.69) is 27.3 Å². The van der Waals surface area contributed by atoms with Crippen LogP contribution in [0.1, 0.15) is 38.5 Å². The third-order valence-electron chi connectivity index (χ3n) is 4.51. The van der Waals surface area contributed by atoms with Gasteiger partial charge in [-0.2, -0.15) is 0 Å². The van der Waals surface area contributed by atoms with E-state index in [0.717, 1.165) is 31.0 Å². The maximum absolute atomic E-state index is 5.48. The molecule has 2 heterocycles. The highest BCUT2D eigenvalue weighted by molar-refractivity contribution is 5.49. The second kappa shape index (κ2) is 6.44. The topological polar surface area (TPSA) is 37.4 Å². The summed E-state index contributed by atoms with van der Waals surface area (Å²) >= 11 is 0. The normalized spacial score (nSPS) is 26.8. The SMILES string of the molecule is COC1CCCC(Nc2ccc(N3CCCC3)nc2)C1. The first-order chi connectivity index (χ1) is 9.85. The van der Waals surface area contributed by atoms with Gasteiger partial charge in [0.1, 0.15) is 5.82 Å². The highest BCUT2D eigenvalue weighted by atomic mass is 16.5. The van der Waals surface area contributed by atoms with E-state index in [-0.39, 0.29) is 0 Å². The minimum atomic E-state index is 0.415. The summed E-state index contributed by atoms with van der Waals surface area (Å²) in [6.45, 7) is 2.30. The molecule has 3 rings (SSSR count). The molecule has 4 nitrogen and oxygen atoms in total. The molecular weight excluding hydrogens is 250 g/mol. The van der Waals surface area contributed by atoms with Crippen molar-refractivity contribution in [3.05, 3.63) is 18.3 Å². The minimum Gasteiger partial charge on any atom is -0.381 e. The van der Waals surface area contributed by atoms with Crippen LogP contribution in [0, 0.1) is 0 Å². The number of pyridine rings is 1. The maximum Gasteiger partial charge on any atom is 0.128 e. The Balaban J connectivity index is 1.57. The van der Waals surface area contributed by atoms with Crippen molar-refractivity contribution in [1.82, 2.24) is 4.98 Å². The van der Waals surface area contributed by atoms with Crippen LogP contribution in [0.5, 0.6) is 0 Å². The first-order valence-electron chi connectivity index (χ1n) is 7.85. The van der Waals surface area contributed by atoms with Gasteiger partial charge in [-0.15, -0.1) is 0 Å². The molecule has 0 bridgehead atoms. The molecular formula is C16H25N3O. The molecule has 1 saturated carbocycles. The first-order valence-corrected chi connectivity index (χ1v) is 7.85. The zero-order valence-corrected chi connectivity index (χ0v) is 12.3. The van der Waals surface area contributed by atoms with Gasteiger partial charge in [0.25, 0.3) is 0 Å². The van der Waals surface area contributed by atoms with E-state index in [1.165, 1.54) is 32.1 Å². The van der Waals surface area contributed by atoms with Crippen molar-refractivity contribution in [2.75, 3.05) is 30.4 Å². The van der Waals surface area contributed by atoms with Gasteiger partial charge in [-0.3, -0.25) is 0 Å². The fraction of sp³-hybridized carbons (Fsp3) is 0.688. The van der Waals surface area contributed by atoms with Crippen LogP contribution in [-0.2, 0) is 4.74 Å². The summed E-state index contributed by atoms with van der Waals surface area (Å²) in [5.41, 5.74) is 1.13. The van der Waals surface area contributed by atoms with Crippen molar-refractivity contribution in [2.24, 2.45) is 0 Å². The van der Waals surface area contributed by atoms with Crippen LogP contribution in [0.25, 0.3) is 0 Å². The van der Waals surface area contributed by atoms with Gasteiger partial charge in [0.05, 0.1) is 18.0 Å². The summed E-state index contributed by atoms with van der Waals surface area (Å²) in [4.78, 5) is 6.96. The van der Waals surface area contributed by atoms with Crippen LogP contribution in [-0.4, -0.2) is 37.3 Å². The molecule has 2 fully saturated rings. The lowest BCUT2D eigenvalue weighted by atomic mass is 9.93. The molecule has 1 aliphatic heterocycles. The predicted molar refractivity (Wildman–Crippen MR) is 82.4 cm³/mol.